The Balaban J connectivity index is 1.86. The van der Waals surface area contributed by atoms with Gasteiger partial charge in [0.15, 0.2) is 6.29 Å². The molecule has 1 fully saturated rings. The molecular formula is C11H22O2. The van der Waals surface area contributed by atoms with Crippen molar-refractivity contribution in [3.63, 3.8) is 0 Å². The van der Waals surface area contributed by atoms with Gasteiger partial charge in [0.2, 0.25) is 0 Å². The quantitative estimate of drug-likeness (QED) is 0.593. The average molecular weight is 186 g/mol. The first kappa shape index (κ1) is 11.0. The summed E-state index contributed by atoms with van der Waals surface area (Å²) in [5, 5.41) is 0. The van der Waals surface area contributed by atoms with E-state index < -0.39 is 0 Å². The van der Waals surface area contributed by atoms with E-state index in [1.807, 2.05) is 0 Å². The monoisotopic (exact) mass is 186 g/mol. The molecule has 13 heavy (non-hydrogen) atoms. The lowest BCUT2D eigenvalue weighted by Crippen LogP contribution is -2.24. The molecule has 0 aromatic heterocycles. The second-order valence-corrected chi connectivity index (χ2v) is 3.73. The SMILES string of the molecule is CCCCCCCC1OCCCO1. The average Bonchev–Trinajstić information content (AvgIpc) is 2.19. The van der Waals surface area contributed by atoms with Crippen molar-refractivity contribution < 1.29 is 9.47 Å². The molecule has 78 valence electrons. The van der Waals surface area contributed by atoms with Gasteiger partial charge in [-0.2, -0.15) is 0 Å². The van der Waals surface area contributed by atoms with E-state index in [-0.39, 0.29) is 6.29 Å². The maximum absolute atomic E-state index is 5.46. The van der Waals surface area contributed by atoms with Crippen molar-refractivity contribution in [2.45, 2.75) is 58.2 Å². The molecule has 0 bridgehead atoms. The Morgan fingerprint density at radius 3 is 2.38 bits per heavy atom. The molecular weight excluding hydrogens is 164 g/mol. The van der Waals surface area contributed by atoms with Crippen LogP contribution in [0.3, 0.4) is 0 Å². The predicted octanol–water partition coefficient (Wildman–Crippen LogP) is 3.11. The van der Waals surface area contributed by atoms with E-state index >= 15 is 0 Å². The lowest BCUT2D eigenvalue weighted by atomic mass is 10.1. The second kappa shape index (κ2) is 7.34. The lowest BCUT2D eigenvalue weighted by molar-refractivity contribution is -0.181. The van der Waals surface area contributed by atoms with Gasteiger partial charge in [0.05, 0.1) is 13.2 Å². The number of unbranched alkanes of at least 4 members (excludes halogenated alkanes) is 4. The van der Waals surface area contributed by atoms with Crippen molar-refractivity contribution in [2.75, 3.05) is 13.2 Å². The first-order valence-corrected chi connectivity index (χ1v) is 5.66. The summed E-state index contributed by atoms with van der Waals surface area (Å²) in [7, 11) is 0. The molecule has 1 aliphatic heterocycles. The minimum Gasteiger partial charge on any atom is -0.353 e. The summed E-state index contributed by atoms with van der Waals surface area (Å²) in [6.45, 7) is 4.02. The van der Waals surface area contributed by atoms with Crippen molar-refractivity contribution in [3.8, 4) is 0 Å². The van der Waals surface area contributed by atoms with E-state index in [2.05, 4.69) is 6.92 Å². The highest BCUT2D eigenvalue weighted by Crippen LogP contribution is 2.13. The van der Waals surface area contributed by atoms with Gasteiger partial charge in [-0.1, -0.05) is 32.6 Å². The Labute approximate surface area is 81.6 Å². The van der Waals surface area contributed by atoms with Crippen LogP contribution in [0.1, 0.15) is 51.9 Å². The van der Waals surface area contributed by atoms with Crippen LogP contribution in [0.2, 0.25) is 0 Å². The zero-order valence-electron chi connectivity index (χ0n) is 8.76. The van der Waals surface area contributed by atoms with Crippen LogP contribution >= 0.6 is 0 Å². The highest BCUT2D eigenvalue weighted by molar-refractivity contribution is 4.52. The molecule has 0 amide bonds. The van der Waals surface area contributed by atoms with Crippen molar-refractivity contribution in [1.82, 2.24) is 0 Å². The summed E-state index contributed by atoms with van der Waals surface area (Å²) in [5.41, 5.74) is 0. The molecule has 1 aliphatic rings. The van der Waals surface area contributed by atoms with Crippen LogP contribution in [-0.2, 0) is 9.47 Å². The molecule has 1 heterocycles. The second-order valence-electron chi connectivity index (χ2n) is 3.73. The predicted molar refractivity (Wildman–Crippen MR) is 53.7 cm³/mol. The summed E-state index contributed by atoms with van der Waals surface area (Å²) in [6, 6.07) is 0. The molecule has 1 rings (SSSR count). The van der Waals surface area contributed by atoms with E-state index in [9.17, 15) is 0 Å². The number of hydrogen-bond donors (Lipinski definition) is 0. The van der Waals surface area contributed by atoms with Crippen LogP contribution < -0.4 is 0 Å². The summed E-state index contributed by atoms with van der Waals surface area (Å²) in [6.07, 6.45) is 8.89. The first-order chi connectivity index (χ1) is 6.43. The van der Waals surface area contributed by atoms with E-state index in [4.69, 9.17) is 9.47 Å². The third-order valence-electron chi connectivity index (χ3n) is 2.44. The fourth-order valence-corrected chi connectivity index (χ4v) is 1.62. The van der Waals surface area contributed by atoms with Gasteiger partial charge >= 0.3 is 0 Å². The number of hydrogen-bond acceptors (Lipinski definition) is 2. The first-order valence-electron chi connectivity index (χ1n) is 5.66. The standard InChI is InChI=1S/C11H22O2/c1-2-3-4-5-6-8-11-12-9-7-10-13-11/h11H,2-10H2,1H3. The molecule has 0 radical (unpaired) electrons. The van der Waals surface area contributed by atoms with Crippen molar-refractivity contribution in [2.24, 2.45) is 0 Å². The Hall–Kier alpha value is -0.0800. The minimum absolute atomic E-state index is 0.107. The van der Waals surface area contributed by atoms with Gasteiger partial charge in [0.25, 0.3) is 0 Å². The van der Waals surface area contributed by atoms with Crippen molar-refractivity contribution in [3.05, 3.63) is 0 Å². The number of ether oxygens (including phenoxy) is 2. The van der Waals surface area contributed by atoms with Gasteiger partial charge in [0.1, 0.15) is 0 Å². The largest absolute Gasteiger partial charge is 0.353 e. The number of rotatable bonds is 6. The topological polar surface area (TPSA) is 18.5 Å². The molecule has 0 spiro atoms. The fraction of sp³-hybridized carbons (Fsp3) is 1.00. The van der Waals surface area contributed by atoms with Gasteiger partial charge in [-0.3, -0.25) is 0 Å². The Morgan fingerprint density at radius 1 is 1.00 bits per heavy atom. The smallest absolute Gasteiger partial charge is 0.157 e. The molecule has 0 aromatic rings. The molecule has 0 aromatic carbocycles. The van der Waals surface area contributed by atoms with E-state index in [1.165, 1.54) is 32.1 Å². The highest BCUT2D eigenvalue weighted by atomic mass is 16.7. The van der Waals surface area contributed by atoms with E-state index in [0.29, 0.717) is 0 Å². The molecule has 2 heteroatoms. The highest BCUT2D eigenvalue weighted by Gasteiger charge is 2.12. The Kier molecular flexibility index (Phi) is 6.21. The van der Waals surface area contributed by atoms with Crippen LogP contribution in [-0.4, -0.2) is 19.5 Å². The minimum atomic E-state index is 0.107. The molecule has 0 unspecified atom stereocenters. The zero-order chi connectivity index (χ0) is 9.36. The fourth-order valence-electron chi connectivity index (χ4n) is 1.62. The van der Waals surface area contributed by atoms with Crippen molar-refractivity contribution >= 4 is 0 Å². The van der Waals surface area contributed by atoms with Crippen LogP contribution in [0.5, 0.6) is 0 Å². The van der Waals surface area contributed by atoms with Crippen LogP contribution in [0.25, 0.3) is 0 Å². The molecule has 0 N–H and O–H groups in total. The van der Waals surface area contributed by atoms with Crippen LogP contribution in [0, 0.1) is 0 Å². The molecule has 0 atom stereocenters. The van der Waals surface area contributed by atoms with Gasteiger partial charge in [-0.15, -0.1) is 0 Å². The molecule has 2 nitrogen and oxygen atoms in total. The summed E-state index contributed by atoms with van der Waals surface area (Å²) >= 11 is 0. The van der Waals surface area contributed by atoms with E-state index in [1.54, 1.807) is 0 Å². The Morgan fingerprint density at radius 2 is 1.69 bits per heavy atom. The third kappa shape index (κ3) is 5.27. The maximum atomic E-state index is 5.46. The molecule has 1 saturated heterocycles. The zero-order valence-corrected chi connectivity index (χ0v) is 8.76. The Bertz CT molecular complexity index is 109. The van der Waals surface area contributed by atoms with Gasteiger partial charge in [-0.05, 0) is 19.3 Å². The summed E-state index contributed by atoms with van der Waals surface area (Å²) in [4.78, 5) is 0. The summed E-state index contributed by atoms with van der Waals surface area (Å²) < 4.78 is 10.9. The summed E-state index contributed by atoms with van der Waals surface area (Å²) in [5.74, 6) is 0. The van der Waals surface area contributed by atoms with Crippen LogP contribution in [0.15, 0.2) is 0 Å². The normalized spacial score (nSPS) is 19.2. The van der Waals surface area contributed by atoms with Gasteiger partial charge < -0.3 is 9.47 Å². The molecule has 0 saturated carbocycles. The van der Waals surface area contributed by atoms with Crippen LogP contribution in [0.4, 0.5) is 0 Å². The van der Waals surface area contributed by atoms with E-state index in [0.717, 1.165) is 26.1 Å². The van der Waals surface area contributed by atoms with Gasteiger partial charge in [-0.25, -0.2) is 0 Å². The lowest BCUT2D eigenvalue weighted by Gasteiger charge is -2.22. The third-order valence-corrected chi connectivity index (χ3v) is 2.44. The van der Waals surface area contributed by atoms with Gasteiger partial charge in [0, 0.05) is 0 Å². The maximum Gasteiger partial charge on any atom is 0.157 e. The molecule has 0 aliphatic carbocycles. The van der Waals surface area contributed by atoms with Crippen molar-refractivity contribution in [1.29, 1.82) is 0 Å².